The van der Waals surface area contributed by atoms with Crippen molar-refractivity contribution in [3.05, 3.63) is 54.3 Å². The van der Waals surface area contributed by atoms with E-state index in [1.165, 1.54) is 24.3 Å². The van der Waals surface area contributed by atoms with Crippen LogP contribution in [0.25, 0.3) is 0 Å². The number of halogens is 1. The van der Waals surface area contributed by atoms with Gasteiger partial charge in [0, 0.05) is 50.5 Å². The number of nitrogens with zero attached hydrogens (tertiary/aromatic N) is 2. The van der Waals surface area contributed by atoms with Gasteiger partial charge in [0.05, 0.1) is 4.90 Å². The molecule has 0 aliphatic carbocycles. The van der Waals surface area contributed by atoms with Gasteiger partial charge in [-0.3, -0.25) is 9.69 Å². The van der Waals surface area contributed by atoms with E-state index in [0.29, 0.717) is 18.7 Å². The zero-order chi connectivity index (χ0) is 20.1. The van der Waals surface area contributed by atoms with Crippen LogP contribution in [-0.2, 0) is 14.8 Å². The summed E-state index contributed by atoms with van der Waals surface area (Å²) in [5, 5.41) is 7.82. The number of nitrogens with one attached hydrogen (secondary N) is 1. The molecule has 2 aromatic carbocycles. The first-order valence-corrected chi connectivity index (χ1v) is 10.5. The first-order valence-electron chi connectivity index (χ1n) is 8.97. The van der Waals surface area contributed by atoms with Crippen molar-refractivity contribution in [1.82, 2.24) is 4.90 Å². The Balaban J connectivity index is 1.44. The predicted octanol–water partition coefficient (Wildman–Crippen LogP) is 1.62. The van der Waals surface area contributed by atoms with Crippen LogP contribution >= 0.6 is 0 Å². The molecular formula is C19H23FN4O3S. The maximum atomic E-state index is 13.2. The quantitative estimate of drug-likeness (QED) is 0.760. The van der Waals surface area contributed by atoms with Gasteiger partial charge < -0.3 is 10.2 Å². The smallest absolute Gasteiger partial charge is 0.238 e. The lowest BCUT2D eigenvalue weighted by atomic mass is 10.2. The third kappa shape index (κ3) is 5.51. The summed E-state index contributed by atoms with van der Waals surface area (Å²) in [6.07, 6.45) is 0.333. The zero-order valence-electron chi connectivity index (χ0n) is 15.3. The fourth-order valence-electron chi connectivity index (χ4n) is 3.13. The SMILES string of the molecule is NS(=O)(=O)c1ccc(N2CCN(CCC(=O)Nc3cccc(F)c3)CC2)cc1. The van der Waals surface area contributed by atoms with Crippen LogP contribution in [0.1, 0.15) is 6.42 Å². The van der Waals surface area contributed by atoms with E-state index in [2.05, 4.69) is 15.1 Å². The van der Waals surface area contributed by atoms with Crippen LogP contribution in [0.3, 0.4) is 0 Å². The molecule has 0 spiro atoms. The van der Waals surface area contributed by atoms with Crippen LogP contribution < -0.4 is 15.4 Å². The lowest BCUT2D eigenvalue weighted by Gasteiger charge is -2.36. The van der Waals surface area contributed by atoms with Gasteiger partial charge in [-0.2, -0.15) is 0 Å². The molecule has 0 atom stereocenters. The number of nitrogens with two attached hydrogens (primary N) is 1. The van der Waals surface area contributed by atoms with E-state index in [1.807, 2.05) is 0 Å². The zero-order valence-corrected chi connectivity index (χ0v) is 16.2. The van der Waals surface area contributed by atoms with Crippen molar-refractivity contribution in [2.75, 3.05) is 42.9 Å². The third-order valence-electron chi connectivity index (χ3n) is 4.67. The van der Waals surface area contributed by atoms with Gasteiger partial charge in [0.15, 0.2) is 0 Å². The second kappa shape index (κ2) is 8.68. The van der Waals surface area contributed by atoms with Gasteiger partial charge in [-0.1, -0.05) is 6.07 Å². The molecule has 150 valence electrons. The monoisotopic (exact) mass is 406 g/mol. The second-order valence-electron chi connectivity index (χ2n) is 6.68. The number of carbonyl (C=O) groups excluding carboxylic acids is 1. The molecule has 3 N–H and O–H groups in total. The summed E-state index contributed by atoms with van der Waals surface area (Å²) >= 11 is 0. The van der Waals surface area contributed by atoms with Crippen LogP contribution in [0.15, 0.2) is 53.4 Å². The Bertz CT molecular complexity index is 926. The van der Waals surface area contributed by atoms with Crippen molar-refractivity contribution < 1.29 is 17.6 Å². The highest BCUT2D eigenvalue weighted by Crippen LogP contribution is 2.19. The van der Waals surface area contributed by atoms with Gasteiger partial charge in [0.2, 0.25) is 15.9 Å². The van der Waals surface area contributed by atoms with Crippen LogP contribution in [0.2, 0.25) is 0 Å². The molecule has 3 rings (SSSR count). The van der Waals surface area contributed by atoms with Crippen LogP contribution in [-0.4, -0.2) is 51.9 Å². The number of carbonyl (C=O) groups is 1. The molecule has 0 aromatic heterocycles. The molecule has 1 heterocycles. The highest BCUT2D eigenvalue weighted by atomic mass is 32.2. The largest absolute Gasteiger partial charge is 0.369 e. The van der Waals surface area contributed by atoms with Gasteiger partial charge >= 0.3 is 0 Å². The Hall–Kier alpha value is -2.49. The maximum Gasteiger partial charge on any atom is 0.238 e. The topological polar surface area (TPSA) is 95.7 Å². The summed E-state index contributed by atoms with van der Waals surface area (Å²) in [6.45, 7) is 3.77. The summed E-state index contributed by atoms with van der Waals surface area (Å²) < 4.78 is 35.8. The van der Waals surface area contributed by atoms with Crippen LogP contribution in [0, 0.1) is 5.82 Å². The van der Waals surface area contributed by atoms with E-state index in [0.717, 1.165) is 31.9 Å². The van der Waals surface area contributed by atoms with Gasteiger partial charge in [0.1, 0.15) is 5.82 Å². The molecular weight excluding hydrogens is 383 g/mol. The van der Waals surface area contributed by atoms with Crippen LogP contribution in [0.4, 0.5) is 15.8 Å². The van der Waals surface area contributed by atoms with Crippen molar-refractivity contribution in [3.63, 3.8) is 0 Å². The third-order valence-corrected chi connectivity index (χ3v) is 5.60. The Morgan fingerprint density at radius 3 is 2.36 bits per heavy atom. The Kier molecular flexibility index (Phi) is 6.28. The minimum atomic E-state index is -3.69. The molecule has 0 unspecified atom stereocenters. The summed E-state index contributed by atoms with van der Waals surface area (Å²) in [5.41, 5.74) is 1.40. The van der Waals surface area contributed by atoms with Crippen molar-refractivity contribution in [2.24, 2.45) is 5.14 Å². The van der Waals surface area contributed by atoms with Gasteiger partial charge in [0.25, 0.3) is 0 Å². The molecule has 9 heteroatoms. The van der Waals surface area contributed by atoms with E-state index in [9.17, 15) is 17.6 Å². The lowest BCUT2D eigenvalue weighted by molar-refractivity contribution is -0.116. The van der Waals surface area contributed by atoms with E-state index in [-0.39, 0.29) is 16.6 Å². The number of hydrogen-bond acceptors (Lipinski definition) is 5. The summed E-state index contributed by atoms with van der Waals surface area (Å²) in [7, 11) is -3.69. The molecule has 0 saturated carbocycles. The number of anilines is 2. The number of sulfonamides is 1. The van der Waals surface area contributed by atoms with Crippen molar-refractivity contribution in [2.45, 2.75) is 11.3 Å². The number of hydrogen-bond donors (Lipinski definition) is 2. The molecule has 1 saturated heterocycles. The number of benzene rings is 2. The standard InChI is InChI=1S/C19H23FN4O3S/c20-15-2-1-3-16(14-15)22-19(25)8-9-23-10-12-24(13-11-23)17-4-6-18(7-5-17)28(21,26)27/h1-7,14H,8-13H2,(H,22,25)(H2,21,26,27). The lowest BCUT2D eigenvalue weighted by Crippen LogP contribution is -2.47. The summed E-state index contributed by atoms with van der Waals surface area (Å²) in [6, 6.07) is 12.3. The predicted molar refractivity (Wildman–Crippen MR) is 106 cm³/mol. The number of rotatable bonds is 6. The average molecular weight is 406 g/mol. The van der Waals surface area contributed by atoms with E-state index in [1.54, 1.807) is 24.3 Å². The fraction of sp³-hybridized carbons (Fsp3) is 0.316. The average Bonchev–Trinajstić information content (AvgIpc) is 2.66. The van der Waals surface area contributed by atoms with Crippen LogP contribution in [0.5, 0.6) is 0 Å². The normalized spacial score (nSPS) is 15.4. The van der Waals surface area contributed by atoms with E-state index in [4.69, 9.17) is 5.14 Å². The molecule has 28 heavy (non-hydrogen) atoms. The van der Waals surface area contributed by atoms with E-state index < -0.39 is 10.0 Å². The van der Waals surface area contributed by atoms with E-state index >= 15 is 0 Å². The highest BCUT2D eigenvalue weighted by Gasteiger charge is 2.18. The van der Waals surface area contributed by atoms with Gasteiger partial charge in [-0.25, -0.2) is 17.9 Å². The molecule has 1 fully saturated rings. The number of primary sulfonamides is 1. The molecule has 1 aliphatic rings. The molecule has 1 amide bonds. The van der Waals surface area contributed by atoms with Crippen molar-refractivity contribution in [1.29, 1.82) is 0 Å². The summed E-state index contributed by atoms with van der Waals surface area (Å²) in [5.74, 6) is -0.530. The first kappa shape index (κ1) is 20.2. The van der Waals surface area contributed by atoms with Gasteiger partial charge in [-0.05, 0) is 42.5 Å². The fourth-order valence-corrected chi connectivity index (χ4v) is 3.64. The molecule has 7 nitrogen and oxygen atoms in total. The molecule has 2 aromatic rings. The molecule has 0 radical (unpaired) electrons. The van der Waals surface area contributed by atoms with Crippen molar-refractivity contribution >= 4 is 27.3 Å². The Morgan fingerprint density at radius 2 is 1.75 bits per heavy atom. The molecule has 0 bridgehead atoms. The Morgan fingerprint density at radius 1 is 1.07 bits per heavy atom. The minimum Gasteiger partial charge on any atom is -0.369 e. The second-order valence-corrected chi connectivity index (χ2v) is 8.24. The van der Waals surface area contributed by atoms with Gasteiger partial charge in [-0.15, -0.1) is 0 Å². The maximum absolute atomic E-state index is 13.2. The summed E-state index contributed by atoms with van der Waals surface area (Å²) in [4.78, 5) is 16.5. The van der Waals surface area contributed by atoms with Crippen molar-refractivity contribution in [3.8, 4) is 0 Å². The number of amides is 1. The number of piperazine rings is 1. The minimum absolute atomic E-state index is 0.0965. The Labute approximate surface area is 164 Å². The molecule has 1 aliphatic heterocycles. The first-order chi connectivity index (χ1) is 13.3. The highest BCUT2D eigenvalue weighted by molar-refractivity contribution is 7.89.